The first-order chi connectivity index (χ1) is 11.6. The van der Waals surface area contributed by atoms with E-state index in [0.717, 1.165) is 18.4 Å². The second-order valence-corrected chi connectivity index (χ2v) is 7.51. The Kier molecular flexibility index (Phi) is 5.48. The van der Waals surface area contributed by atoms with Crippen LogP contribution < -0.4 is 0 Å². The van der Waals surface area contributed by atoms with Crippen LogP contribution in [0.5, 0.6) is 0 Å². The molecule has 0 atom stereocenters. The number of carbonyl (C=O) groups is 1. The van der Waals surface area contributed by atoms with Crippen LogP contribution in [0.4, 0.5) is 0 Å². The number of thioether (sulfide) groups is 1. The zero-order chi connectivity index (χ0) is 16.9. The lowest BCUT2D eigenvalue weighted by Crippen LogP contribution is -2.29. The molecule has 0 saturated carbocycles. The van der Waals surface area contributed by atoms with E-state index in [9.17, 15) is 4.79 Å². The molecule has 0 bridgehead atoms. The van der Waals surface area contributed by atoms with Gasteiger partial charge in [0.25, 0.3) is 5.91 Å². The number of amides is 1. The van der Waals surface area contributed by atoms with Crippen LogP contribution in [0.15, 0.2) is 59.5 Å². The van der Waals surface area contributed by atoms with Crippen LogP contribution >= 0.6 is 24.0 Å². The normalized spacial score (nSPS) is 16.2. The summed E-state index contributed by atoms with van der Waals surface area (Å²) in [6.07, 6.45) is 3.79. The molecule has 1 amide bonds. The van der Waals surface area contributed by atoms with Gasteiger partial charge >= 0.3 is 0 Å². The minimum Gasteiger partial charge on any atom is -0.293 e. The Balaban J connectivity index is 1.62. The number of thiocarbonyl (C=S) groups is 1. The topological polar surface area (TPSA) is 20.3 Å². The van der Waals surface area contributed by atoms with Crippen LogP contribution in [0.2, 0.25) is 0 Å². The van der Waals surface area contributed by atoms with Gasteiger partial charge in [0.2, 0.25) is 0 Å². The zero-order valence-electron chi connectivity index (χ0n) is 13.6. The van der Waals surface area contributed by atoms with Gasteiger partial charge < -0.3 is 0 Å². The van der Waals surface area contributed by atoms with Gasteiger partial charge in [0.15, 0.2) is 0 Å². The van der Waals surface area contributed by atoms with E-state index in [1.807, 2.05) is 48.5 Å². The number of benzene rings is 2. The fourth-order valence-corrected chi connectivity index (χ4v) is 3.90. The lowest BCUT2D eigenvalue weighted by atomic mass is 10.1. The monoisotopic (exact) mass is 353 g/mol. The van der Waals surface area contributed by atoms with E-state index in [0.29, 0.717) is 15.8 Å². The molecule has 0 radical (unpaired) electrons. The SMILES string of the molecule is Cc1ccc(/C=C2\SC(=S)N(CCCc3ccccc3)C2=O)cc1. The minimum absolute atomic E-state index is 0.0265. The second-order valence-electron chi connectivity index (χ2n) is 5.83. The van der Waals surface area contributed by atoms with Gasteiger partial charge in [0.05, 0.1) is 4.91 Å². The molecule has 1 heterocycles. The zero-order valence-corrected chi connectivity index (χ0v) is 15.2. The van der Waals surface area contributed by atoms with Crippen molar-refractivity contribution in [1.29, 1.82) is 0 Å². The van der Waals surface area contributed by atoms with E-state index in [1.54, 1.807) is 4.90 Å². The van der Waals surface area contributed by atoms with Gasteiger partial charge in [0.1, 0.15) is 4.32 Å². The minimum atomic E-state index is 0.0265. The van der Waals surface area contributed by atoms with E-state index >= 15 is 0 Å². The average Bonchev–Trinajstić information content (AvgIpc) is 2.85. The quantitative estimate of drug-likeness (QED) is 0.567. The fraction of sp³-hybridized carbons (Fsp3) is 0.200. The third-order valence-corrected chi connectivity index (χ3v) is 5.32. The Morgan fingerprint density at radius 2 is 1.79 bits per heavy atom. The van der Waals surface area contributed by atoms with Gasteiger partial charge in [-0.15, -0.1) is 0 Å². The summed E-state index contributed by atoms with van der Waals surface area (Å²) in [6, 6.07) is 18.5. The first-order valence-electron chi connectivity index (χ1n) is 7.99. The summed E-state index contributed by atoms with van der Waals surface area (Å²) in [7, 11) is 0. The molecule has 3 rings (SSSR count). The highest BCUT2D eigenvalue weighted by molar-refractivity contribution is 8.26. The summed E-state index contributed by atoms with van der Waals surface area (Å²) in [5.41, 5.74) is 3.53. The van der Waals surface area contributed by atoms with Crippen molar-refractivity contribution in [3.8, 4) is 0 Å². The standard InChI is InChI=1S/C20H19NOS2/c1-15-9-11-17(12-10-15)14-18-19(22)21(20(23)24-18)13-5-8-16-6-3-2-4-7-16/h2-4,6-7,9-12,14H,5,8,13H2,1H3/b18-14-. The molecule has 1 aliphatic heterocycles. The van der Waals surface area contributed by atoms with Gasteiger partial charge in [-0.2, -0.15) is 0 Å². The molecule has 2 aromatic rings. The van der Waals surface area contributed by atoms with Crippen LogP contribution in [-0.4, -0.2) is 21.7 Å². The summed E-state index contributed by atoms with van der Waals surface area (Å²) in [6.45, 7) is 2.72. The summed E-state index contributed by atoms with van der Waals surface area (Å²) < 4.78 is 0.659. The summed E-state index contributed by atoms with van der Waals surface area (Å²) >= 11 is 6.78. The maximum Gasteiger partial charge on any atom is 0.266 e. The number of hydrogen-bond acceptors (Lipinski definition) is 3. The summed E-state index contributed by atoms with van der Waals surface area (Å²) in [5.74, 6) is 0.0265. The van der Waals surface area contributed by atoms with Crippen molar-refractivity contribution in [2.24, 2.45) is 0 Å². The maximum atomic E-state index is 12.6. The van der Waals surface area contributed by atoms with Crippen molar-refractivity contribution in [2.45, 2.75) is 19.8 Å². The molecule has 2 nitrogen and oxygen atoms in total. The lowest BCUT2D eigenvalue weighted by molar-refractivity contribution is -0.122. The van der Waals surface area contributed by atoms with Crippen molar-refractivity contribution in [3.05, 3.63) is 76.2 Å². The third-order valence-electron chi connectivity index (χ3n) is 3.94. The van der Waals surface area contributed by atoms with Crippen molar-refractivity contribution in [2.75, 3.05) is 6.54 Å². The first kappa shape index (κ1) is 16.9. The highest BCUT2D eigenvalue weighted by atomic mass is 32.2. The Hall–Kier alpha value is -1.91. The maximum absolute atomic E-state index is 12.6. The predicted molar refractivity (Wildman–Crippen MR) is 106 cm³/mol. The predicted octanol–water partition coefficient (Wildman–Crippen LogP) is 4.83. The smallest absolute Gasteiger partial charge is 0.266 e. The van der Waals surface area contributed by atoms with Crippen LogP contribution in [0, 0.1) is 6.92 Å². The molecule has 24 heavy (non-hydrogen) atoms. The molecule has 2 aromatic carbocycles. The van der Waals surface area contributed by atoms with Gasteiger partial charge in [-0.05, 0) is 37.0 Å². The highest BCUT2D eigenvalue weighted by Gasteiger charge is 2.31. The van der Waals surface area contributed by atoms with Crippen LogP contribution in [0.1, 0.15) is 23.1 Å². The molecule has 1 aliphatic rings. The van der Waals surface area contributed by atoms with Crippen LogP contribution in [-0.2, 0) is 11.2 Å². The Bertz CT molecular complexity index is 766. The number of hydrogen-bond donors (Lipinski definition) is 0. The van der Waals surface area contributed by atoms with Crippen molar-refractivity contribution >= 4 is 40.3 Å². The second kappa shape index (κ2) is 7.77. The molecule has 4 heteroatoms. The molecule has 122 valence electrons. The number of nitrogens with zero attached hydrogens (tertiary/aromatic N) is 1. The van der Waals surface area contributed by atoms with Crippen molar-refractivity contribution < 1.29 is 4.79 Å². The van der Waals surface area contributed by atoms with Gasteiger partial charge in [0, 0.05) is 6.54 Å². The molecule has 0 aromatic heterocycles. The van der Waals surface area contributed by atoms with E-state index < -0.39 is 0 Å². The van der Waals surface area contributed by atoms with E-state index in [4.69, 9.17) is 12.2 Å². The van der Waals surface area contributed by atoms with E-state index in [2.05, 4.69) is 19.1 Å². The lowest BCUT2D eigenvalue weighted by Gasteiger charge is -2.14. The highest BCUT2D eigenvalue weighted by Crippen LogP contribution is 2.32. The van der Waals surface area contributed by atoms with Crippen molar-refractivity contribution in [1.82, 2.24) is 4.90 Å². The molecule has 1 saturated heterocycles. The third kappa shape index (κ3) is 4.13. The Labute approximate surface area is 152 Å². The number of aryl methyl sites for hydroxylation is 2. The van der Waals surface area contributed by atoms with Crippen molar-refractivity contribution in [3.63, 3.8) is 0 Å². The molecule has 1 fully saturated rings. The van der Waals surface area contributed by atoms with Gasteiger partial charge in [-0.1, -0.05) is 84.1 Å². The molecular weight excluding hydrogens is 334 g/mol. The average molecular weight is 354 g/mol. The van der Waals surface area contributed by atoms with Crippen LogP contribution in [0.3, 0.4) is 0 Å². The first-order valence-corrected chi connectivity index (χ1v) is 9.22. The molecule has 0 spiro atoms. The van der Waals surface area contributed by atoms with E-state index in [1.165, 1.54) is 22.9 Å². The molecule has 0 aliphatic carbocycles. The Morgan fingerprint density at radius 1 is 1.08 bits per heavy atom. The number of carbonyl (C=O) groups excluding carboxylic acids is 1. The molecule has 0 N–H and O–H groups in total. The van der Waals surface area contributed by atoms with Gasteiger partial charge in [-0.3, -0.25) is 9.69 Å². The molecular formula is C20H19NOS2. The van der Waals surface area contributed by atoms with E-state index in [-0.39, 0.29) is 5.91 Å². The van der Waals surface area contributed by atoms with Crippen LogP contribution in [0.25, 0.3) is 6.08 Å². The fourth-order valence-electron chi connectivity index (χ4n) is 2.59. The summed E-state index contributed by atoms with van der Waals surface area (Å²) in [4.78, 5) is 15.0. The van der Waals surface area contributed by atoms with Gasteiger partial charge in [-0.25, -0.2) is 0 Å². The Morgan fingerprint density at radius 3 is 2.50 bits per heavy atom. The summed E-state index contributed by atoms with van der Waals surface area (Å²) in [5, 5.41) is 0. The molecule has 0 unspecified atom stereocenters. The largest absolute Gasteiger partial charge is 0.293 e. The number of rotatable bonds is 5.